The van der Waals surface area contributed by atoms with Crippen LogP contribution in [0.1, 0.15) is 24.8 Å². The van der Waals surface area contributed by atoms with Crippen molar-refractivity contribution >= 4 is 17.7 Å². The van der Waals surface area contributed by atoms with Crippen molar-refractivity contribution in [1.29, 1.82) is 5.26 Å². The van der Waals surface area contributed by atoms with Gasteiger partial charge in [0.15, 0.2) is 0 Å². The smallest absolute Gasteiger partial charge is 0.328 e. The van der Waals surface area contributed by atoms with Gasteiger partial charge in [0, 0.05) is 18.7 Å². The topological polar surface area (TPSA) is 64.3 Å². The second-order valence-electron chi connectivity index (χ2n) is 4.84. The predicted molar refractivity (Wildman–Crippen MR) is 73.6 cm³/mol. The Kier molecular flexibility index (Phi) is 4.53. The predicted octanol–water partition coefficient (Wildman–Crippen LogP) is 2.95. The number of carbonyl (C=O) groups is 1. The number of anilines is 1. The molecule has 0 spiro atoms. The molecule has 1 aromatic carbocycles. The van der Waals surface area contributed by atoms with Crippen molar-refractivity contribution in [2.24, 2.45) is 0 Å². The number of nitriles is 1. The van der Waals surface area contributed by atoms with Crippen molar-refractivity contribution < 1.29 is 18.7 Å². The number of aliphatic carboxylic acids is 1. The Balaban J connectivity index is 2.31. The molecular formula is C15H14F2N2O2. The fraction of sp³-hybridized carbons (Fsp3) is 0.333. The summed E-state index contributed by atoms with van der Waals surface area (Å²) >= 11 is 0. The fourth-order valence-electron chi connectivity index (χ4n) is 2.16. The van der Waals surface area contributed by atoms with Crippen LogP contribution in [-0.2, 0) is 4.79 Å². The molecule has 0 aliphatic heterocycles. The molecule has 110 valence electrons. The molecule has 0 bridgehead atoms. The molecule has 1 aromatic rings. The van der Waals surface area contributed by atoms with Gasteiger partial charge in [0.05, 0.1) is 12.5 Å². The standard InChI is InChI=1S/C15H14F2N2O2/c16-12-8-10(2-5-14(20)21)9-13(17)15(12)19(7-1-6-18)11-3-4-11/h2,5,8-9,11H,1,3-4,7H2,(H,20,21). The van der Waals surface area contributed by atoms with Crippen molar-refractivity contribution in [3.8, 4) is 6.07 Å². The van der Waals surface area contributed by atoms with Gasteiger partial charge in [0.1, 0.15) is 17.3 Å². The Hall–Kier alpha value is -2.42. The Morgan fingerprint density at radius 1 is 1.43 bits per heavy atom. The lowest BCUT2D eigenvalue weighted by atomic mass is 10.1. The summed E-state index contributed by atoms with van der Waals surface area (Å²) in [6.45, 7) is 0.277. The van der Waals surface area contributed by atoms with E-state index in [4.69, 9.17) is 10.4 Å². The minimum Gasteiger partial charge on any atom is -0.478 e. The number of nitrogens with zero attached hydrogens (tertiary/aromatic N) is 2. The summed E-state index contributed by atoms with van der Waals surface area (Å²) in [6, 6.07) is 4.24. The highest BCUT2D eigenvalue weighted by atomic mass is 19.1. The van der Waals surface area contributed by atoms with E-state index in [9.17, 15) is 13.6 Å². The first-order valence-corrected chi connectivity index (χ1v) is 6.56. The monoisotopic (exact) mass is 292 g/mol. The van der Waals surface area contributed by atoms with E-state index in [0.717, 1.165) is 37.1 Å². The van der Waals surface area contributed by atoms with Gasteiger partial charge in [-0.15, -0.1) is 0 Å². The SMILES string of the molecule is N#CCCN(c1c(F)cc(C=CC(=O)O)cc1F)C1CC1. The van der Waals surface area contributed by atoms with E-state index in [1.807, 2.05) is 6.07 Å². The molecule has 0 heterocycles. The molecule has 1 aliphatic rings. The van der Waals surface area contributed by atoms with Crippen LogP contribution in [0.3, 0.4) is 0 Å². The van der Waals surface area contributed by atoms with Crippen LogP contribution in [0.2, 0.25) is 0 Å². The maximum atomic E-state index is 14.2. The fourth-order valence-corrected chi connectivity index (χ4v) is 2.16. The zero-order valence-corrected chi connectivity index (χ0v) is 11.2. The van der Waals surface area contributed by atoms with E-state index in [2.05, 4.69) is 0 Å². The summed E-state index contributed by atoms with van der Waals surface area (Å²) in [5, 5.41) is 17.2. The van der Waals surface area contributed by atoms with Crippen LogP contribution in [-0.4, -0.2) is 23.7 Å². The second-order valence-corrected chi connectivity index (χ2v) is 4.84. The number of carboxylic acids is 1. The van der Waals surface area contributed by atoms with Crippen LogP contribution in [0, 0.1) is 23.0 Å². The average Bonchev–Trinajstić information content (AvgIpc) is 3.23. The maximum absolute atomic E-state index is 14.2. The van der Waals surface area contributed by atoms with Crippen molar-refractivity contribution in [3.05, 3.63) is 35.4 Å². The molecule has 0 unspecified atom stereocenters. The molecule has 2 rings (SSSR count). The first-order valence-electron chi connectivity index (χ1n) is 6.56. The van der Waals surface area contributed by atoms with Crippen LogP contribution in [0.5, 0.6) is 0 Å². The van der Waals surface area contributed by atoms with Crippen molar-refractivity contribution in [2.75, 3.05) is 11.4 Å². The Labute approximate surface area is 120 Å². The Bertz CT molecular complexity index is 596. The van der Waals surface area contributed by atoms with Gasteiger partial charge in [0.2, 0.25) is 0 Å². The summed E-state index contributed by atoms with van der Waals surface area (Å²) in [6.07, 6.45) is 3.85. The third kappa shape index (κ3) is 3.78. The number of benzene rings is 1. The molecule has 4 nitrogen and oxygen atoms in total. The summed E-state index contributed by atoms with van der Waals surface area (Å²) in [5.74, 6) is -2.68. The van der Waals surface area contributed by atoms with Crippen molar-refractivity contribution in [2.45, 2.75) is 25.3 Å². The van der Waals surface area contributed by atoms with Crippen LogP contribution in [0.25, 0.3) is 6.08 Å². The van der Waals surface area contributed by atoms with Gasteiger partial charge >= 0.3 is 5.97 Å². The molecule has 1 fully saturated rings. The van der Waals surface area contributed by atoms with E-state index in [0.29, 0.717) is 0 Å². The van der Waals surface area contributed by atoms with Crippen LogP contribution < -0.4 is 4.90 Å². The highest BCUT2D eigenvalue weighted by molar-refractivity contribution is 5.85. The first kappa shape index (κ1) is 15.0. The van der Waals surface area contributed by atoms with Crippen LogP contribution >= 0.6 is 0 Å². The van der Waals surface area contributed by atoms with E-state index in [1.54, 1.807) is 4.90 Å². The van der Waals surface area contributed by atoms with E-state index < -0.39 is 17.6 Å². The van der Waals surface area contributed by atoms with Gasteiger partial charge in [-0.2, -0.15) is 5.26 Å². The number of halogens is 2. The normalized spacial score (nSPS) is 14.1. The molecule has 1 saturated carbocycles. The van der Waals surface area contributed by atoms with Crippen LogP contribution in [0.4, 0.5) is 14.5 Å². The van der Waals surface area contributed by atoms with Crippen molar-refractivity contribution in [3.63, 3.8) is 0 Å². The second kappa shape index (κ2) is 6.35. The quantitative estimate of drug-likeness (QED) is 0.819. The van der Waals surface area contributed by atoms with Crippen molar-refractivity contribution in [1.82, 2.24) is 0 Å². The summed E-state index contributed by atoms with van der Waals surface area (Å²) in [7, 11) is 0. The third-order valence-electron chi connectivity index (χ3n) is 3.20. The number of hydrogen-bond acceptors (Lipinski definition) is 3. The van der Waals surface area contributed by atoms with Crippen LogP contribution in [0.15, 0.2) is 18.2 Å². The third-order valence-corrected chi connectivity index (χ3v) is 3.20. The largest absolute Gasteiger partial charge is 0.478 e. The molecule has 1 aliphatic carbocycles. The number of hydrogen-bond donors (Lipinski definition) is 1. The summed E-state index contributed by atoms with van der Waals surface area (Å²) < 4.78 is 28.3. The molecule has 21 heavy (non-hydrogen) atoms. The molecule has 0 radical (unpaired) electrons. The number of carboxylic acid groups (broad SMARTS) is 1. The minimum absolute atomic E-state index is 0.0720. The Morgan fingerprint density at radius 2 is 2.05 bits per heavy atom. The van der Waals surface area contributed by atoms with Gasteiger partial charge in [-0.1, -0.05) is 0 Å². The molecule has 0 amide bonds. The van der Waals surface area contributed by atoms with E-state index in [-0.39, 0.29) is 30.3 Å². The molecular weight excluding hydrogens is 278 g/mol. The Morgan fingerprint density at radius 3 is 2.52 bits per heavy atom. The van der Waals surface area contributed by atoms with Gasteiger partial charge in [-0.05, 0) is 36.6 Å². The zero-order valence-electron chi connectivity index (χ0n) is 11.2. The molecule has 0 aromatic heterocycles. The highest BCUT2D eigenvalue weighted by Crippen LogP contribution is 2.35. The maximum Gasteiger partial charge on any atom is 0.328 e. The zero-order chi connectivity index (χ0) is 15.4. The molecule has 0 atom stereocenters. The minimum atomic E-state index is -1.19. The lowest BCUT2D eigenvalue weighted by Crippen LogP contribution is -2.28. The first-order chi connectivity index (χ1) is 10.0. The molecule has 0 saturated heterocycles. The number of rotatable bonds is 6. The van der Waals surface area contributed by atoms with E-state index >= 15 is 0 Å². The molecule has 1 N–H and O–H groups in total. The van der Waals surface area contributed by atoms with E-state index in [1.165, 1.54) is 0 Å². The van der Waals surface area contributed by atoms with Gasteiger partial charge in [-0.3, -0.25) is 0 Å². The lowest BCUT2D eigenvalue weighted by molar-refractivity contribution is -0.131. The summed E-state index contributed by atoms with van der Waals surface area (Å²) in [5.41, 5.74) is 0.00686. The van der Waals surface area contributed by atoms with Gasteiger partial charge in [-0.25, -0.2) is 13.6 Å². The van der Waals surface area contributed by atoms with Gasteiger partial charge < -0.3 is 10.0 Å². The lowest BCUT2D eigenvalue weighted by Gasteiger charge is -2.24. The van der Waals surface area contributed by atoms with Gasteiger partial charge in [0.25, 0.3) is 0 Å². The molecule has 6 heteroatoms. The average molecular weight is 292 g/mol. The summed E-state index contributed by atoms with van der Waals surface area (Å²) in [4.78, 5) is 12.0. The highest BCUT2D eigenvalue weighted by Gasteiger charge is 2.32.